The van der Waals surface area contributed by atoms with Crippen molar-refractivity contribution in [2.24, 2.45) is 5.41 Å². The van der Waals surface area contributed by atoms with Crippen LogP contribution in [0.1, 0.15) is 33.6 Å². The Morgan fingerprint density at radius 1 is 1.38 bits per heavy atom. The second-order valence-electron chi connectivity index (χ2n) is 5.99. The van der Waals surface area contributed by atoms with E-state index in [9.17, 15) is 9.90 Å². The van der Waals surface area contributed by atoms with Crippen molar-refractivity contribution in [3.8, 4) is 0 Å². The van der Waals surface area contributed by atoms with Gasteiger partial charge in [0, 0.05) is 24.7 Å². The Balaban J connectivity index is 0.00000128. The van der Waals surface area contributed by atoms with Gasteiger partial charge in [-0.05, 0) is 39.0 Å². The maximum atomic E-state index is 11.2. The molecule has 2 aliphatic rings. The van der Waals surface area contributed by atoms with Gasteiger partial charge in [-0.3, -0.25) is 0 Å². The fourth-order valence-corrected chi connectivity index (χ4v) is 2.88. The smallest absolute Gasteiger partial charge is 0.407 e. The maximum Gasteiger partial charge on any atom is 0.407 e. The molecule has 16 heavy (non-hydrogen) atoms. The molecule has 1 amide bonds. The summed E-state index contributed by atoms with van der Waals surface area (Å²) in [5, 5.41) is 12.5. The van der Waals surface area contributed by atoms with E-state index in [-0.39, 0.29) is 24.0 Å². The lowest BCUT2D eigenvalue weighted by molar-refractivity contribution is -0.0549. The van der Waals surface area contributed by atoms with Gasteiger partial charge in [0.1, 0.15) is 0 Å². The molecule has 1 spiro atoms. The van der Waals surface area contributed by atoms with Gasteiger partial charge in [0.05, 0.1) is 0 Å². The highest BCUT2D eigenvalue weighted by atomic mass is 35.5. The number of rotatable bonds is 1. The van der Waals surface area contributed by atoms with Crippen LogP contribution in [0.25, 0.3) is 0 Å². The third-order valence-electron chi connectivity index (χ3n) is 3.63. The van der Waals surface area contributed by atoms with E-state index in [0.29, 0.717) is 5.41 Å². The molecule has 1 saturated heterocycles. The first-order valence-corrected chi connectivity index (χ1v) is 5.57. The predicted octanol–water partition coefficient (Wildman–Crippen LogP) is 1.94. The highest BCUT2D eigenvalue weighted by molar-refractivity contribution is 5.85. The molecule has 0 aromatic heterocycles. The minimum atomic E-state index is -0.783. The Morgan fingerprint density at radius 2 is 1.88 bits per heavy atom. The van der Waals surface area contributed by atoms with Gasteiger partial charge in [-0.1, -0.05) is 0 Å². The Bertz CT molecular complexity index is 276. The number of hydrogen-bond donors (Lipinski definition) is 2. The van der Waals surface area contributed by atoms with Gasteiger partial charge >= 0.3 is 6.09 Å². The third kappa shape index (κ3) is 2.13. The average molecular weight is 249 g/mol. The number of carboxylic acid groups (broad SMARTS) is 1. The number of carbonyl (C=O) groups is 1. The monoisotopic (exact) mass is 248 g/mol. The van der Waals surface area contributed by atoms with Gasteiger partial charge in [0.15, 0.2) is 0 Å². The minimum absolute atomic E-state index is 0. The SMILES string of the molecule is CC(C)(C)N(C(=O)O)C1CC2(CNC2)C1.Cl. The van der Waals surface area contributed by atoms with E-state index in [1.54, 1.807) is 4.90 Å². The first kappa shape index (κ1) is 13.6. The standard InChI is InChI=1S/C11H20N2O2.ClH/c1-10(2,3)13(9(14)15)8-4-11(5-8)6-12-7-11;/h8,12H,4-7H2,1-3H3,(H,14,15);1H. The van der Waals surface area contributed by atoms with Crippen LogP contribution in [0.2, 0.25) is 0 Å². The average Bonchev–Trinajstić information content (AvgIpc) is 1.86. The molecule has 1 aliphatic heterocycles. The molecular weight excluding hydrogens is 228 g/mol. The van der Waals surface area contributed by atoms with E-state index in [4.69, 9.17) is 0 Å². The van der Waals surface area contributed by atoms with Crippen molar-refractivity contribution in [3.63, 3.8) is 0 Å². The molecule has 0 radical (unpaired) electrons. The summed E-state index contributed by atoms with van der Waals surface area (Å²) >= 11 is 0. The first-order chi connectivity index (χ1) is 6.84. The zero-order valence-corrected chi connectivity index (χ0v) is 10.9. The van der Waals surface area contributed by atoms with Crippen LogP contribution in [0.3, 0.4) is 0 Å². The first-order valence-electron chi connectivity index (χ1n) is 5.57. The van der Waals surface area contributed by atoms with Crippen molar-refractivity contribution in [1.82, 2.24) is 10.2 Å². The van der Waals surface area contributed by atoms with Crippen molar-refractivity contribution < 1.29 is 9.90 Å². The zero-order valence-electron chi connectivity index (χ0n) is 10.1. The molecule has 94 valence electrons. The molecule has 2 N–H and O–H groups in total. The summed E-state index contributed by atoms with van der Waals surface area (Å²) in [5.74, 6) is 0. The molecular formula is C11H21ClN2O2. The number of nitrogens with one attached hydrogen (secondary N) is 1. The lowest BCUT2D eigenvalue weighted by Crippen LogP contribution is -2.67. The summed E-state index contributed by atoms with van der Waals surface area (Å²) in [6.45, 7) is 8.03. The van der Waals surface area contributed by atoms with Gasteiger partial charge in [0.2, 0.25) is 0 Å². The van der Waals surface area contributed by atoms with E-state index >= 15 is 0 Å². The highest BCUT2D eigenvalue weighted by Gasteiger charge is 2.52. The number of nitrogens with zero attached hydrogens (tertiary/aromatic N) is 1. The van der Waals surface area contributed by atoms with Crippen LogP contribution < -0.4 is 5.32 Å². The molecule has 1 heterocycles. The summed E-state index contributed by atoms with van der Waals surface area (Å²) < 4.78 is 0. The van der Waals surface area contributed by atoms with E-state index in [2.05, 4.69) is 5.32 Å². The molecule has 1 aliphatic carbocycles. The van der Waals surface area contributed by atoms with Gasteiger partial charge in [0.25, 0.3) is 0 Å². The van der Waals surface area contributed by atoms with Crippen molar-refractivity contribution in [1.29, 1.82) is 0 Å². The van der Waals surface area contributed by atoms with Crippen LogP contribution in [0.15, 0.2) is 0 Å². The molecule has 5 heteroatoms. The number of amides is 1. The van der Waals surface area contributed by atoms with E-state index in [1.165, 1.54) is 0 Å². The molecule has 0 aromatic rings. The lowest BCUT2D eigenvalue weighted by Gasteiger charge is -2.58. The van der Waals surface area contributed by atoms with Crippen molar-refractivity contribution in [3.05, 3.63) is 0 Å². The summed E-state index contributed by atoms with van der Waals surface area (Å²) in [7, 11) is 0. The quantitative estimate of drug-likeness (QED) is 0.746. The van der Waals surface area contributed by atoms with Crippen LogP contribution in [-0.4, -0.2) is 40.8 Å². The molecule has 0 bridgehead atoms. The Hall–Kier alpha value is -0.480. The third-order valence-corrected chi connectivity index (χ3v) is 3.63. The van der Waals surface area contributed by atoms with E-state index in [0.717, 1.165) is 25.9 Å². The largest absolute Gasteiger partial charge is 0.465 e. The maximum absolute atomic E-state index is 11.2. The fraction of sp³-hybridized carbons (Fsp3) is 0.909. The van der Waals surface area contributed by atoms with Crippen LogP contribution >= 0.6 is 12.4 Å². The topological polar surface area (TPSA) is 52.6 Å². The summed E-state index contributed by atoms with van der Waals surface area (Å²) in [4.78, 5) is 12.8. The van der Waals surface area contributed by atoms with Crippen LogP contribution in [0, 0.1) is 5.41 Å². The molecule has 0 unspecified atom stereocenters. The van der Waals surface area contributed by atoms with E-state index in [1.807, 2.05) is 20.8 Å². The number of hydrogen-bond acceptors (Lipinski definition) is 2. The molecule has 0 atom stereocenters. The summed E-state index contributed by atoms with van der Waals surface area (Å²) in [6.07, 6.45) is 1.28. The zero-order chi connectivity index (χ0) is 11.3. The van der Waals surface area contributed by atoms with Crippen molar-refractivity contribution in [2.75, 3.05) is 13.1 Å². The van der Waals surface area contributed by atoms with Gasteiger partial charge in [-0.2, -0.15) is 0 Å². The Morgan fingerprint density at radius 3 is 2.12 bits per heavy atom. The predicted molar refractivity (Wildman–Crippen MR) is 65.2 cm³/mol. The fourth-order valence-electron chi connectivity index (χ4n) is 2.88. The van der Waals surface area contributed by atoms with Crippen molar-refractivity contribution in [2.45, 2.75) is 45.2 Å². The molecule has 1 saturated carbocycles. The van der Waals surface area contributed by atoms with Gasteiger partial charge in [-0.25, -0.2) is 4.79 Å². The van der Waals surface area contributed by atoms with Gasteiger partial charge in [-0.15, -0.1) is 12.4 Å². The highest BCUT2D eigenvalue weighted by Crippen LogP contribution is 2.47. The van der Waals surface area contributed by atoms with Crippen molar-refractivity contribution >= 4 is 18.5 Å². The van der Waals surface area contributed by atoms with Gasteiger partial charge < -0.3 is 15.3 Å². The normalized spacial score (nSPS) is 22.9. The molecule has 4 nitrogen and oxygen atoms in total. The lowest BCUT2D eigenvalue weighted by atomic mass is 9.61. The minimum Gasteiger partial charge on any atom is -0.465 e. The molecule has 0 aromatic carbocycles. The molecule has 2 fully saturated rings. The van der Waals surface area contributed by atoms with Crippen LogP contribution in [0.4, 0.5) is 4.79 Å². The number of halogens is 1. The van der Waals surface area contributed by atoms with E-state index < -0.39 is 6.09 Å². The summed E-state index contributed by atoms with van der Waals surface area (Å²) in [5.41, 5.74) is 0.152. The van der Waals surface area contributed by atoms with Crippen LogP contribution in [-0.2, 0) is 0 Å². The summed E-state index contributed by atoms with van der Waals surface area (Å²) in [6, 6.07) is 0.226. The van der Waals surface area contributed by atoms with Crippen LogP contribution in [0.5, 0.6) is 0 Å². The Kier molecular flexibility index (Phi) is 3.46. The second kappa shape index (κ2) is 4.08. The molecule has 2 rings (SSSR count). The Labute approximate surface area is 103 Å². The second-order valence-corrected chi connectivity index (χ2v) is 5.99.